The quantitative estimate of drug-likeness (QED) is 0.641. The van der Waals surface area contributed by atoms with E-state index in [4.69, 9.17) is 19.0 Å². The van der Waals surface area contributed by atoms with Gasteiger partial charge in [-0.2, -0.15) is 0 Å². The molecular weight excluding hydrogens is 368 g/mol. The van der Waals surface area contributed by atoms with Gasteiger partial charge < -0.3 is 19.0 Å². The highest BCUT2D eigenvalue weighted by atomic mass is 16.6. The molecule has 0 aromatic heterocycles. The fourth-order valence-electron chi connectivity index (χ4n) is 4.04. The van der Waals surface area contributed by atoms with Crippen molar-refractivity contribution in [3.8, 4) is 11.5 Å². The summed E-state index contributed by atoms with van der Waals surface area (Å²) in [4.78, 5) is 8.18. The van der Waals surface area contributed by atoms with Crippen molar-refractivity contribution in [3.05, 3.63) is 59.2 Å². The SMILES string of the molecule is COCCOc1ccc(CN2C[C@H]3ON=C(c4cccc(C)c4)[C@@H]3C2)cc1OC. The summed E-state index contributed by atoms with van der Waals surface area (Å²) >= 11 is 0. The molecule has 0 unspecified atom stereocenters. The average Bonchev–Trinajstić information content (AvgIpc) is 3.29. The molecule has 2 aliphatic heterocycles. The van der Waals surface area contributed by atoms with Crippen molar-refractivity contribution in [2.24, 2.45) is 11.1 Å². The van der Waals surface area contributed by atoms with Crippen LogP contribution < -0.4 is 9.47 Å². The van der Waals surface area contributed by atoms with Crippen LogP contribution in [0, 0.1) is 12.8 Å². The number of hydrogen-bond acceptors (Lipinski definition) is 6. The van der Waals surface area contributed by atoms with Crippen LogP contribution in [0.2, 0.25) is 0 Å². The topological polar surface area (TPSA) is 52.5 Å². The number of hydrogen-bond donors (Lipinski definition) is 0. The molecule has 2 aliphatic rings. The van der Waals surface area contributed by atoms with Gasteiger partial charge in [0.2, 0.25) is 0 Å². The second-order valence-corrected chi connectivity index (χ2v) is 7.62. The second kappa shape index (κ2) is 8.84. The molecule has 0 spiro atoms. The van der Waals surface area contributed by atoms with Crippen LogP contribution in [0.3, 0.4) is 0 Å². The summed E-state index contributed by atoms with van der Waals surface area (Å²) in [5.41, 5.74) is 4.66. The second-order valence-electron chi connectivity index (χ2n) is 7.62. The lowest BCUT2D eigenvalue weighted by atomic mass is 9.94. The molecular formula is C23H28N2O4. The fraction of sp³-hybridized carbons (Fsp3) is 0.435. The van der Waals surface area contributed by atoms with E-state index < -0.39 is 0 Å². The molecule has 0 radical (unpaired) electrons. The fourth-order valence-corrected chi connectivity index (χ4v) is 4.04. The molecule has 2 heterocycles. The van der Waals surface area contributed by atoms with Gasteiger partial charge in [-0.1, -0.05) is 41.1 Å². The zero-order valence-corrected chi connectivity index (χ0v) is 17.3. The predicted molar refractivity (Wildman–Crippen MR) is 112 cm³/mol. The summed E-state index contributed by atoms with van der Waals surface area (Å²) < 4.78 is 16.3. The molecule has 1 fully saturated rings. The molecule has 2 aromatic rings. The third-order valence-electron chi connectivity index (χ3n) is 5.47. The van der Waals surface area contributed by atoms with Gasteiger partial charge in [-0.25, -0.2) is 0 Å². The van der Waals surface area contributed by atoms with Crippen LogP contribution in [0.5, 0.6) is 11.5 Å². The lowest BCUT2D eigenvalue weighted by Gasteiger charge is -2.18. The number of oxime groups is 1. The summed E-state index contributed by atoms with van der Waals surface area (Å²) in [5, 5.41) is 4.39. The Morgan fingerprint density at radius 1 is 1.07 bits per heavy atom. The highest BCUT2D eigenvalue weighted by molar-refractivity contribution is 6.03. The first-order valence-electron chi connectivity index (χ1n) is 9.99. The van der Waals surface area contributed by atoms with E-state index in [9.17, 15) is 0 Å². The maximum atomic E-state index is 5.76. The minimum Gasteiger partial charge on any atom is -0.493 e. The van der Waals surface area contributed by atoms with Crippen molar-refractivity contribution >= 4 is 5.71 Å². The zero-order valence-electron chi connectivity index (χ0n) is 17.3. The van der Waals surface area contributed by atoms with E-state index in [2.05, 4.69) is 47.3 Å². The van der Waals surface area contributed by atoms with E-state index >= 15 is 0 Å². The molecule has 6 nitrogen and oxygen atoms in total. The Morgan fingerprint density at radius 3 is 2.76 bits per heavy atom. The molecule has 0 saturated carbocycles. The van der Waals surface area contributed by atoms with E-state index in [1.165, 1.54) is 16.7 Å². The minimum atomic E-state index is 0.129. The van der Waals surface area contributed by atoms with Crippen molar-refractivity contribution in [2.45, 2.75) is 19.6 Å². The van der Waals surface area contributed by atoms with Gasteiger partial charge in [-0.3, -0.25) is 4.90 Å². The Labute approximate surface area is 172 Å². The van der Waals surface area contributed by atoms with Gasteiger partial charge in [0.05, 0.1) is 25.3 Å². The van der Waals surface area contributed by atoms with E-state index in [-0.39, 0.29) is 6.10 Å². The third kappa shape index (κ3) is 4.38. The molecule has 0 N–H and O–H groups in total. The molecule has 0 bridgehead atoms. The van der Waals surface area contributed by atoms with E-state index in [0.29, 0.717) is 19.1 Å². The Hall–Kier alpha value is -2.57. The van der Waals surface area contributed by atoms with Crippen LogP contribution in [0.1, 0.15) is 16.7 Å². The first-order chi connectivity index (χ1) is 14.2. The van der Waals surface area contributed by atoms with Crippen LogP contribution in [0.25, 0.3) is 0 Å². The van der Waals surface area contributed by atoms with Crippen LogP contribution in [-0.2, 0) is 16.1 Å². The number of aryl methyl sites for hydroxylation is 1. The van der Waals surface area contributed by atoms with Crippen molar-refractivity contribution in [1.82, 2.24) is 4.90 Å². The van der Waals surface area contributed by atoms with E-state index in [1.54, 1.807) is 14.2 Å². The number of benzene rings is 2. The molecule has 29 heavy (non-hydrogen) atoms. The molecule has 154 valence electrons. The largest absolute Gasteiger partial charge is 0.493 e. The molecule has 0 aliphatic carbocycles. The van der Waals surface area contributed by atoms with Crippen molar-refractivity contribution in [3.63, 3.8) is 0 Å². The maximum Gasteiger partial charge on any atom is 0.161 e. The Morgan fingerprint density at radius 2 is 1.97 bits per heavy atom. The summed E-state index contributed by atoms with van der Waals surface area (Å²) in [5.74, 6) is 1.80. The Kier molecular flexibility index (Phi) is 6.02. The van der Waals surface area contributed by atoms with Gasteiger partial charge in [0.15, 0.2) is 11.5 Å². The first-order valence-corrected chi connectivity index (χ1v) is 9.99. The number of methoxy groups -OCH3 is 2. The highest BCUT2D eigenvalue weighted by Crippen LogP contribution is 2.33. The predicted octanol–water partition coefficient (Wildman–Crippen LogP) is 3.26. The zero-order chi connectivity index (χ0) is 20.2. The standard InChI is InChI=1S/C23H28N2O4/c1-16-5-4-6-18(11-16)23-19-14-25(15-22(19)29-24-23)13-17-7-8-20(21(12-17)27-3)28-10-9-26-2/h4-8,11-12,19,22H,9-10,13-15H2,1-3H3/t19-,22-/m1/s1. The van der Waals surface area contributed by atoms with Gasteiger partial charge in [0.25, 0.3) is 0 Å². The van der Waals surface area contributed by atoms with Gasteiger partial charge in [0, 0.05) is 32.3 Å². The van der Waals surface area contributed by atoms with Crippen molar-refractivity contribution < 1.29 is 19.0 Å². The van der Waals surface area contributed by atoms with E-state index in [1.807, 2.05) is 12.1 Å². The summed E-state index contributed by atoms with van der Waals surface area (Å²) in [6, 6.07) is 14.6. The lowest BCUT2D eigenvalue weighted by molar-refractivity contribution is 0.0745. The smallest absolute Gasteiger partial charge is 0.161 e. The number of nitrogens with zero attached hydrogens (tertiary/aromatic N) is 2. The number of ether oxygens (including phenoxy) is 3. The summed E-state index contributed by atoms with van der Waals surface area (Å²) in [7, 11) is 3.33. The van der Waals surface area contributed by atoms with Crippen LogP contribution >= 0.6 is 0 Å². The van der Waals surface area contributed by atoms with Crippen LogP contribution in [0.4, 0.5) is 0 Å². The van der Waals surface area contributed by atoms with Gasteiger partial charge in [0.1, 0.15) is 12.7 Å². The summed E-state index contributed by atoms with van der Waals surface area (Å²) in [6.07, 6.45) is 0.129. The third-order valence-corrected chi connectivity index (χ3v) is 5.47. The van der Waals surface area contributed by atoms with E-state index in [0.717, 1.165) is 36.8 Å². The van der Waals surface area contributed by atoms with Gasteiger partial charge in [-0.05, 0) is 24.6 Å². The Bertz CT molecular complexity index is 883. The molecule has 2 aromatic carbocycles. The molecule has 1 saturated heterocycles. The van der Waals surface area contributed by atoms with Crippen molar-refractivity contribution in [1.29, 1.82) is 0 Å². The molecule has 4 rings (SSSR count). The average molecular weight is 396 g/mol. The molecule has 6 heteroatoms. The van der Waals surface area contributed by atoms with Gasteiger partial charge in [-0.15, -0.1) is 0 Å². The molecule has 2 atom stereocenters. The number of likely N-dealkylation sites (tertiary alicyclic amines) is 1. The summed E-state index contributed by atoms with van der Waals surface area (Å²) in [6.45, 7) is 5.80. The Balaban J connectivity index is 1.41. The number of rotatable bonds is 8. The van der Waals surface area contributed by atoms with Gasteiger partial charge >= 0.3 is 0 Å². The monoisotopic (exact) mass is 396 g/mol. The van der Waals surface area contributed by atoms with Crippen LogP contribution in [-0.4, -0.2) is 57.2 Å². The normalized spacial score (nSPS) is 20.9. The van der Waals surface area contributed by atoms with Crippen LogP contribution in [0.15, 0.2) is 47.6 Å². The maximum absolute atomic E-state index is 5.76. The minimum absolute atomic E-state index is 0.129. The number of fused-ring (bicyclic) bond motifs is 1. The lowest BCUT2D eigenvalue weighted by Crippen LogP contribution is -2.23. The van der Waals surface area contributed by atoms with Crippen molar-refractivity contribution in [2.75, 3.05) is 40.5 Å². The molecule has 0 amide bonds. The first kappa shape index (κ1) is 19.7. The highest BCUT2D eigenvalue weighted by Gasteiger charge is 2.42.